The molecule has 0 spiro atoms. The van der Waals surface area contributed by atoms with Crippen molar-refractivity contribution in [3.8, 4) is 22.4 Å². The molecule has 0 aliphatic heterocycles. The lowest BCUT2D eigenvalue weighted by Gasteiger charge is -2.05. The van der Waals surface area contributed by atoms with Crippen LogP contribution in [0, 0.1) is 0 Å². The van der Waals surface area contributed by atoms with E-state index >= 15 is 0 Å². The Labute approximate surface area is 140 Å². The Balaban J connectivity index is 2.25. The van der Waals surface area contributed by atoms with E-state index in [9.17, 15) is 0 Å². The quantitative estimate of drug-likeness (QED) is 0.660. The van der Waals surface area contributed by atoms with E-state index in [0.29, 0.717) is 5.82 Å². The Hall–Kier alpha value is -1.59. The number of hydrogen-bond donors (Lipinski definition) is 1. The Kier molecular flexibility index (Phi) is 3.87. The zero-order valence-electron chi connectivity index (χ0n) is 11.3. The molecule has 0 aliphatic carbocycles. The van der Waals surface area contributed by atoms with Crippen LogP contribution < -0.4 is 5.73 Å². The molecule has 0 amide bonds. The van der Waals surface area contributed by atoms with E-state index in [1.165, 1.54) is 0 Å². The Morgan fingerprint density at radius 3 is 2.14 bits per heavy atom. The van der Waals surface area contributed by atoms with Crippen molar-refractivity contribution in [3.05, 3.63) is 57.5 Å². The smallest absolute Gasteiger partial charge is 0.129 e. The molecule has 0 bridgehead atoms. The third-order valence-electron chi connectivity index (χ3n) is 3.30. The summed E-state index contributed by atoms with van der Waals surface area (Å²) in [5.74, 6) is 0.656. The zero-order valence-corrected chi connectivity index (χ0v) is 14.5. The van der Waals surface area contributed by atoms with Gasteiger partial charge in [0, 0.05) is 21.6 Å². The fourth-order valence-corrected chi connectivity index (χ4v) is 3.10. The molecule has 2 aromatic carbocycles. The maximum absolute atomic E-state index is 6.23. The van der Waals surface area contributed by atoms with Crippen LogP contribution in [0.5, 0.6) is 0 Å². The van der Waals surface area contributed by atoms with Gasteiger partial charge in [-0.05, 0) is 29.8 Å². The minimum atomic E-state index is 0.656. The van der Waals surface area contributed by atoms with Crippen LogP contribution in [-0.2, 0) is 7.05 Å². The molecule has 3 aromatic rings. The number of halogens is 2. The second kappa shape index (κ2) is 5.66. The number of nitrogens with two attached hydrogens (primary N) is 1. The van der Waals surface area contributed by atoms with Crippen LogP contribution in [0.1, 0.15) is 0 Å². The highest BCUT2D eigenvalue weighted by atomic mass is 79.9. The maximum Gasteiger partial charge on any atom is 0.129 e. The van der Waals surface area contributed by atoms with E-state index in [0.717, 1.165) is 31.3 Å². The van der Waals surface area contributed by atoms with E-state index in [2.05, 4.69) is 43.0 Å². The molecular formula is C16H13Br2N3. The summed E-state index contributed by atoms with van der Waals surface area (Å²) in [6, 6.07) is 16.2. The second-order valence-electron chi connectivity index (χ2n) is 4.75. The van der Waals surface area contributed by atoms with Crippen molar-refractivity contribution in [2.45, 2.75) is 0 Å². The van der Waals surface area contributed by atoms with Crippen molar-refractivity contribution >= 4 is 37.7 Å². The third kappa shape index (κ3) is 2.76. The molecular weight excluding hydrogens is 394 g/mol. The first-order chi connectivity index (χ1) is 10.1. The number of anilines is 1. The minimum absolute atomic E-state index is 0.656. The van der Waals surface area contributed by atoms with E-state index in [1.807, 2.05) is 49.5 Å². The van der Waals surface area contributed by atoms with Gasteiger partial charge < -0.3 is 5.73 Å². The van der Waals surface area contributed by atoms with E-state index < -0.39 is 0 Å². The van der Waals surface area contributed by atoms with Gasteiger partial charge in [0.15, 0.2) is 0 Å². The topological polar surface area (TPSA) is 43.8 Å². The van der Waals surface area contributed by atoms with Gasteiger partial charge in [-0.3, -0.25) is 4.68 Å². The van der Waals surface area contributed by atoms with Gasteiger partial charge in [0.2, 0.25) is 0 Å². The number of rotatable bonds is 2. The van der Waals surface area contributed by atoms with E-state index in [4.69, 9.17) is 5.73 Å². The molecule has 3 rings (SSSR count). The number of nitrogens with zero attached hydrogens (tertiary/aromatic N) is 2. The van der Waals surface area contributed by atoms with Crippen LogP contribution in [0.25, 0.3) is 22.4 Å². The molecule has 1 aromatic heterocycles. The molecule has 0 fully saturated rings. The van der Waals surface area contributed by atoms with Crippen LogP contribution in [0.15, 0.2) is 57.5 Å². The molecule has 0 unspecified atom stereocenters. The number of aromatic nitrogens is 2. The molecule has 0 aliphatic rings. The summed E-state index contributed by atoms with van der Waals surface area (Å²) in [6.07, 6.45) is 0. The first kappa shape index (κ1) is 14.4. The summed E-state index contributed by atoms with van der Waals surface area (Å²) in [7, 11) is 1.86. The van der Waals surface area contributed by atoms with Gasteiger partial charge in [0.25, 0.3) is 0 Å². The first-order valence-corrected chi connectivity index (χ1v) is 7.99. The van der Waals surface area contributed by atoms with Crippen LogP contribution >= 0.6 is 31.9 Å². The molecule has 5 heteroatoms. The summed E-state index contributed by atoms with van der Waals surface area (Å²) in [5.41, 5.74) is 10.2. The lowest BCUT2D eigenvalue weighted by atomic mass is 10.0. The Bertz CT molecular complexity index is 809. The molecule has 1 heterocycles. The van der Waals surface area contributed by atoms with Crippen molar-refractivity contribution in [3.63, 3.8) is 0 Å². The summed E-state index contributed by atoms with van der Waals surface area (Å²) in [4.78, 5) is 0. The SMILES string of the molecule is Cn1nc(-c2cccc(Br)c2)c(-c2cccc(Br)c2)c1N. The van der Waals surface area contributed by atoms with Crippen molar-refractivity contribution in [2.75, 3.05) is 5.73 Å². The van der Waals surface area contributed by atoms with Crippen LogP contribution in [0.4, 0.5) is 5.82 Å². The van der Waals surface area contributed by atoms with Crippen molar-refractivity contribution in [1.82, 2.24) is 9.78 Å². The van der Waals surface area contributed by atoms with Crippen LogP contribution in [0.2, 0.25) is 0 Å². The highest BCUT2D eigenvalue weighted by molar-refractivity contribution is 9.10. The van der Waals surface area contributed by atoms with E-state index in [1.54, 1.807) is 4.68 Å². The van der Waals surface area contributed by atoms with Gasteiger partial charge in [0.1, 0.15) is 11.5 Å². The minimum Gasteiger partial charge on any atom is -0.383 e. The van der Waals surface area contributed by atoms with E-state index in [-0.39, 0.29) is 0 Å². The highest BCUT2D eigenvalue weighted by Gasteiger charge is 2.17. The normalized spacial score (nSPS) is 10.8. The summed E-state index contributed by atoms with van der Waals surface area (Å²) < 4.78 is 3.75. The standard InChI is InChI=1S/C16H13Br2N3/c1-21-16(19)14(10-4-2-6-12(17)8-10)15(20-21)11-5-3-7-13(18)9-11/h2-9H,19H2,1H3. The molecule has 3 nitrogen and oxygen atoms in total. The molecule has 106 valence electrons. The average Bonchev–Trinajstić information content (AvgIpc) is 2.75. The van der Waals surface area contributed by atoms with Crippen molar-refractivity contribution in [2.24, 2.45) is 7.05 Å². The largest absolute Gasteiger partial charge is 0.383 e. The van der Waals surface area contributed by atoms with Gasteiger partial charge in [0.05, 0.1) is 5.56 Å². The average molecular weight is 407 g/mol. The summed E-state index contributed by atoms with van der Waals surface area (Å²) >= 11 is 7.01. The zero-order chi connectivity index (χ0) is 15.0. The third-order valence-corrected chi connectivity index (χ3v) is 4.29. The summed E-state index contributed by atoms with van der Waals surface area (Å²) in [5, 5.41) is 4.58. The number of nitrogen functional groups attached to an aromatic ring is 1. The molecule has 0 saturated carbocycles. The fourth-order valence-electron chi connectivity index (χ4n) is 2.30. The highest BCUT2D eigenvalue weighted by Crippen LogP contribution is 2.37. The van der Waals surface area contributed by atoms with Gasteiger partial charge in [-0.1, -0.05) is 56.1 Å². The van der Waals surface area contributed by atoms with Gasteiger partial charge in [-0.15, -0.1) is 0 Å². The molecule has 0 saturated heterocycles. The first-order valence-electron chi connectivity index (χ1n) is 6.40. The molecule has 2 N–H and O–H groups in total. The maximum atomic E-state index is 6.23. The van der Waals surface area contributed by atoms with Gasteiger partial charge in [-0.2, -0.15) is 5.10 Å². The molecule has 21 heavy (non-hydrogen) atoms. The number of hydrogen-bond acceptors (Lipinski definition) is 2. The fraction of sp³-hybridized carbons (Fsp3) is 0.0625. The van der Waals surface area contributed by atoms with Crippen LogP contribution in [0.3, 0.4) is 0 Å². The number of aryl methyl sites for hydroxylation is 1. The molecule has 0 radical (unpaired) electrons. The lowest BCUT2D eigenvalue weighted by Crippen LogP contribution is -1.97. The van der Waals surface area contributed by atoms with Gasteiger partial charge >= 0.3 is 0 Å². The van der Waals surface area contributed by atoms with Crippen LogP contribution in [-0.4, -0.2) is 9.78 Å². The number of benzene rings is 2. The Morgan fingerprint density at radius 1 is 0.952 bits per heavy atom. The monoisotopic (exact) mass is 405 g/mol. The Morgan fingerprint density at radius 2 is 1.52 bits per heavy atom. The summed E-state index contributed by atoms with van der Waals surface area (Å²) in [6.45, 7) is 0. The van der Waals surface area contributed by atoms with Crippen molar-refractivity contribution in [1.29, 1.82) is 0 Å². The second-order valence-corrected chi connectivity index (χ2v) is 6.58. The lowest BCUT2D eigenvalue weighted by molar-refractivity contribution is 0.782. The van der Waals surface area contributed by atoms with Crippen molar-refractivity contribution < 1.29 is 0 Å². The predicted molar refractivity (Wildman–Crippen MR) is 93.9 cm³/mol. The van der Waals surface area contributed by atoms with Gasteiger partial charge in [-0.25, -0.2) is 0 Å². The molecule has 0 atom stereocenters. The predicted octanol–water partition coefficient (Wildman–Crippen LogP) is 4.86.